The number of hydrogen-bond acceptors (Lipinski definition) is 6. The molecule has 0 spiro atoms. The highest BCUT2D eigenvalue weighted by Gasteiger charge is 2.20. The number of rotatable bonds is 5. The van der Waals surface area contributed by atoms with Crippen LogP contribution in [0.2, 0.25) is 0 Å². The second-order valence-electron chi connectivity index (χ2n) is 5.83. The zero-order valence-corrected chi connectivity index (χ0v) is 14.3. The number of benzene rings is 1. The van der Waals surface area contributed by atoms with Crippen LogP contribution in [-0.4, -0.2) is 46.7 Å². The fourth-order valence-corrected chi connectivity index (χ4v) is 3.34. The first kappa shape index (κ1) is 16.9. The summed E-state index contributed by atoms with van der Waals surface area (Å²) in [7, 11) is 0. The fourth-order valence-electron chi connectivity index (χ4n) is 2.56. The molecule has 0 aliphatic carbocycles. The SMILES string of the molecule is C[C@H]1CNCCN1Cc1nnc(C(=O)NCc2ccc(F)cc2)s1. The Bertz CT molecular complexity index is 690. The molecule has 0 unspecified atom stereocenters. The molecule has 2 N–H and O–H groups in total. The van der Waals surface area contributed by atoms with Gasteiger partial charge in [0.05, 0.1) is 6.54 Å². The van der Waals surface area contributed by atoms with Crippen molar-refractivity contribution in [3.8, 4) is 0 Å². The van der Waals surface area contributed by atoms with Crippen LogP contribution in [0.15, 0.2) is 24.3 Å². The molecular weight excluding hydrogens is 329 g/mol. The Morgan fingerprint density at radius 3 is 2.96 bits per heavy atom. The van der Waals surface area contributed by atoms with Crippen LogP contribution in [0, 0.1) is 5.82 Å². The summed E-state index contributed by atoms with van der Waals surface area (Å²) in [6.45, 7) is 6.11. The Balaban J connectivity index is 1.54. The zero-order valence-electron chi connectivity index (χ0n) is 13.5. The van der Waals surface area contributed by atoms with E-state index in [2.05, 4.69) is 32.7 Å². The van der Waals surface area contributed by atoms with Crippen molar-refractivity contribution in [2.45, 2.75) is 26.1 Å². The van der Waals surface area contributed by atoms with Gasteiger partial charge in [-0.15, -0.1) is 10.2 Å². The third-order valence-corrected chi connectivity index (χ3v) is 4.91. The van der Waals surface area contributed by atoms with E-state index in [9.17, 15) is 9.18 Å². The van der Waals surface area contributed by atoms with E-state index in [-0.39, 0.29) is 11.7 Å². The maximum absolute atomic E-state index is 12.9. The molecule has 1 atom stereocenters. The molecule has 1 fully saturated rings. The number of amides is 1. The third kappa shape index (κ3) is 4.34. The largest absolute Gasteiger partial charge is 0.346 e. The Labute approximate surface area is 144 Å². The van der Waals surface area contributed by atoms with Gasteiger partial charge in [-0.2, -0.15) is 0 Å². The Morgan fingerprint density at radius 2 is 2.21 bits per heavy atom. The number of nitrogens with zero attached hydrogens (tertiary/aromatic N) is 3. The lowest BCUT2D eigenvalue weighted by Crippen LogP contribution is -2.49. The van der Waals surface area contributed by atoms with E-state index in [0.29, 0.717) is 24.1 Å². The second-order valence-corrected chi connectivity index (χ2v) is 6.90. The van der Waals surface area contributed by atoms with Gasteiger partial charge in [-0.1, -0.05) is 23.5 Å². The highest BCUT2D eigenvalue weighted by Crippen LogP contribution is 2.15. The van der Waals surface area contributed by atoms with E-state index in [0.717, 1.165) is 30.2 Å². The van der Waals surface area contributed by atoms with Crippen LogP contribution in [0.1, 0.15) is 27.3 Å². The molecule has 0 radical (unpaired) electrons. The summed E-state index contributed by atoms with van der Waals surface area (Å²) in [4.78, 5) is 14.5. The minimum Gasteiger partial charge on any atom is -0.346 e. The summed E-state index contributed by atoms with van der Waals surface area (Å²) in [5, 5.41) is 15.4. The predicted molar refractivity (Wildman–Crippen MR) is 90.2 cm³/mol. The molecule has 1 amide bonds. The second kappa shape index (κ2) is 7.78. The lowest BCUT2D eigenvalue weighted by molar-refractivity contribution is 0.0950. The summed E-state index contributed by atoms with van der Waals surface area (Å²) >= 11 is 1.32. The smallest absolute Gasteiger partial charge is 0.282 e. The average Bonchev–Trinajstić information content (AvgIpc) is 3.05. The molecule has 1 aliphatic rings. The van der Waals surface area contributed by atoms with Crippen LogP contribution >= 0.6 is 11.3 Å². The van der Waals surface area contributed by atoms with Crippen molar-refractivity contribution in [3.63, 3.8) is 0 Å². The third-order valence-electron chi connectivity index (χ3n) is 4.00. The van der Waals surface area contributed by atoms with Crippen molar-refractivity contribution in [2.75, 3.05) is 19.6 Å². The van der Waals surface area contributed by atoms with Crippen LogP contribution in [0.4, 0.5) is 4.39 Å². The normalized spacial score (nSPS) is 18.5. The summed E-state index contributed by atoms with van der Waals surface area (Å²) < 4.78 is 12.9. The number of halogens is 1. The van der Waals surface area contributed by atoms with Crippen molar-refractivity contribution in [1.82, 2.24) is 25.7 Å². The number of carbonyl (C=O) groups excluding carboxylic acids is 1. The van der Waals surface area contributed by atoms with Gasteiger partial charge in [0.2, 0.25) is 5.01 Å². The van der Waals surface area contributed by atoms with Crippen LogP contribution in [0.3, 0.4) is 0 Å². The average molecular weight is 349 g/mol. The van der Waals surface area contributed by atoms with E-state index in [4.69, 9.17) is 0 Å². The first-order chi connectivity index (χ1) is 11.6. The molecule has 2 aromatic rings. The van der Waals surface area contributed by atoms with E-state index >= 15 is 0 Å². The molecule has 0 bridgehead atoms. The molecule has 3 rings (SSSR count). The van der Waals surface area contributed by atoms with Gasteiger partial charge in [0.15, 0.2) is 0 Å². The molecule has 1 aromatic carbocycles. The van der Waals surface area contributed by atoms with E-state index < -0.39 is 0 Å². The molecule has 2 heterocycles. The zero-order chi connectivity index (χ0) is 16.9. The quantitative estimate of drug-likeness (QED) is 0.854. The van der Waals surface area contributed by atoms with E-state index in [1.165, 1.54) is 23.5 Å². The number of piperazine rings is 1. The maximum atomic E-state index is 12.9. The highest BCUT2D eigenvalue weighted by atomic mass is 32.1. The van der Waals surface area contributed by atoms with Gasteiger partial charge in [0, 0.05) is 32.2 Å². The van der Waals surface area contributed by atoms with Crippen molar-refractivity contribution >= 4 is 17.2 Å². The topological polar surface area (TPSA) is 70.1 Å². The first-order valence-corrected chi connectivity index (χ1v) is 8.73. The number of hydrogen-bond donors (Lipinski definition) is 2. The molecule has 1 aromatic heterocycles. The van der Waals surface area contributed by atoms with Gasteiger partial charge < -0.3 is 10.6 Å². The fraction of sp³-hybridized carbons (Fsp3) is 0.438. The van der Waals surface area contributed by atoms with Gasteiger partial charge in [-0.25, -0.2) is 4.39 Å². The standard InChI is InChI=1S/C16H20FN5OS/c1-11-8-18-6-7-22(11)10-14-20-21-16(24-14)15(23)19-9-12-2-4-13(17)5-3-12/h2-5,11,18H,6-10H2,1H3,(H,19,23)/t11-/m0/s1. The molecule has 1 saturated heterocycles. The molecule has 128 valence electrons. The minimum atomic E-state index is -0.291. The summed E-state index contributed by atoms with van der Waals surface area (Å²) in [6.07, 6.45) is 0. The lowest BCUT2D eigenvalue weighted by atomic mass is 10.2. The molecular formula is C16H20FN5OS. The molecule has 0 saturated carbocycles. The number of aromatic nitrogens is 2. The lowest BCUT2D eigenvalue weighted by Gasteiger charge is -2.32. The van der Waals surface area contributed by atoms with E-state index in [1.807, 2.05) is 0 Å². The van der Waals surface area contributed by atoms with E-state index in [1.54, 1.807) is 12.1 Å². The molecule has 8 heteroatoms. The van der Waals surface area contributed by atoms with Gasteiger partial charge in [0.25, 0.3) is 5.91 Å². The predicted octanol–water partition coefficient (Wildman–Crippen LogP) is 1.40. The molecule has 24 heavy (non-hydrogen) atoms. The molecule has 6 nitrogen and oxygen atoms in total. The first-order valence-electron chi connectivity index (χ1n) is 7.91. The Hall–Kier alpha value is -1.90. The van der Waals surface area contributed by atoms with Gasteiger partial charge in [-0.3, -0.25) is 9.69 Å². The van der Waals surface area contributed by atoms with Gasteiger partial charge in [0.1, 0.15) is 10.8 Å². The van der Waals surface area contributed by atoms with Crippen molar-refractivity contribution in [1.29, 1.82) is 0 Å². The number of carbonyl (C=O) groups is 1. The van der Waals surface area contributed by atoms with Crippen molar-refractivity contribution < 1.29 is 9.18 Å². The van der Waals surface area contributed by atoms with Crippen molar-refractivity contribution in [3.05, 3.63) is 45.7 Å². The summed E-state index contributed by atoms with van der Waals surface area (Å²) in [6, 6.07) is 6.48. The Kier molecular flexibility index (Phi) is 5.49. The van der Waals surface area contributed by atoms with Gasteiger partial charge >= 0.3 is 0 Å². The maximum Gasteiger partial charge on any atom is 0.282 e. The van der Waals surface area contributed by atoms with Crippen LogP contribution in [0.25, 0.3) is 0 Å². The highest BCUT2D eigenvalue weighted by molar-refractivity contribution is 7.13. The van der Waals surface area contributed by atoms with Crippen LogP contribution < -0.4 is 10.6 Å². The Morgan fingerprint density at radius 1 is 1.42 bits per heavy atom. The van der Waals surface area contributed by atoms with Crippen LogP contribution in [0.5, 0.6) is 0 Å². The summed E-state index contributed by atoms with van der Waals surface area (Å²) in [5.41, 5.74) is 0.837. The van der Waals surface area contributed by atoms with Crippen molar-refractivity contribution in [2.24, 2.45) is 0 Å². The minimum absolute atomic E-state index is 0.253. The monoisotopic (exact) mass is 349 g/mol. The molecule has 1 aliphatic heterocycles. The summed E-state index contributed by atoms with van der Waals surface area (Å²) in [5.74, 6) is -0.544. The number of nitrogens with one attached hydrogen (secondary N) is 2. The van der Waals surface area contributed by atoms with Crippen LogP contribution in [-0.2, 0) is 13.1 Å². The van der Waals surface area contributed by atoms with Gasteiger partial charge in [-0.05, 0) is 24.6 Å².